The fraction of sp³-hybridized carbons (Fsp3) is 0.0476. The van der Waals surface area contributed by atoms with Crippen molar-refractivity contribution in [1.29, 1.82) is 0 Å². The molecule has 0 unspecified atom stereocenters. The number of anilines is 1. The molecule has 0 saturated carbocycles. The summed E-state index contributed by atoms with van der Waals surface area (Å²) in [5.41, 5.74) is 3.62. The average molecular weight is 377 g/mol. The summed E-state index contributed by atoms with van der Waals surface area (Å²) in [7, 11) is 0. The van der Waals surface area contributed by atoms with Crippen molar-refractivity contribution in [2.45, 2.75) is 6.92 Å². The van der Waals surface area contributed by atoms with Gasteiger partial charge in [-0.25, -0.2) is 4.98 Å². The lowest BCUT2D eigenvalue weighted by atomic mass is 10.1. The Morgan fingerprint density at radius 1 is 0.962 bits per heavy atom. The Labute approximate surface area is 160 Å². The smallest absolute Gasteiger partial charge is 0.267 e. The summed E-state index contributed by atoms with van der Waals surface area (Å²) in [5.74, 6) is -0.119. The lowest BCUT2D eigenvalue weighted by Gasteiger charge is -2.09. The van der Waals surface area contributed by atoms with Gasteiger partial charge in [-0.05, 0) is 24.4 Å². The lowest BCUT2D eigenvalue weighted by Crippen LogP contribution is -2.12. The molecule has 2 aromatic heterocycles. The molecule has 0 aliphatic rings. The second-order valence-corrected chi connectivity index (χ2v) is 7.72. The van der Waals surface area contributed by atoms with E-state index in [4.69, 9.17) is 0 Å². The van der Waals surface area contributed by atoms with Crippen LogP contribution in [0.1, 0.15) is 15.4 Å². The zero-order valence-electron chi connectivity index (χ0n) is 14.1. The first-order chi connectivity index (χ1) is 12.7. The lowest BCUT2D eigenvalue weighted by molar-refractivity contribution is 0.103. The van der Waals surface area contributed by atoms with Crippen LogP contribution in [-0.4, -0.2) is 10.9 Å². The molecular formula is C21H16N2OS2. The van der Waals surface area contributed by atoms with Crippen molar-refractivity contribution >= 4 is 34.3 Å². The normalized spacial score (nSPS) is 10.7. The number of benzene rings is 2. The van der Waals surface area contributed by atoms with Gasteiger partial charge in [-0.1, -0.05) is 54.6 Å². The van der Waals surface area contributed by atoms with Crippen LogP contribution >= 0.6 is 22.7 Å². The van der Waals surface area contributed by atoms with Gasteiger partial charge in [0.05, 0.1) is 5.69 Å². The van der Waals surface area contributed by atoms with Gasteiger partial charge in [0.15, 0.2) is 0 Å². The third kappa shape index (κ3) is 3.31. The van der Waals surface area contributed by atoms with Gasteiger partial charge in [0.1, 0.15) is 9.88 Å². The number of aryl methyl sites for hydroxylation is 1. The molecule has 0 radical (unpaired) electrons. The van der Waals surface area contributed by atoms with E-state index < -0.39 is 0 Å². The standard InChI is InChI=1S/C21H16N2OS2/c1-14-19(26-21(22-14)15-8-3-2-4-9-15)20(24)23-17-11-6-5-10-16(17)18-12-7-13-25-18/h2-13H,1H3,(H,23,24). The van der Waals surface area contributed by atoms with Gasteiger partial charge < -0.3 is 5.32 Å². The predicted molar refractivity (Wildman–Crippen MR) is 110 cm³/mol. The molecular weight excluding hydrogens is 360 g/mol. The summed E-state index contributed by atoms with van der Waals surface area (Å²) in [6.07, 6.45) is 0. The van der Waals surface area contributed by atoms with Crippen molar-refractivity contribution in [3.05, 3.63) is 82.7 Å². The van der Waals surface area contributed by atoms with Crippen molar-refractivity contribution < 1.29 is 4.79 Å². The van der Waals surface area contributed by atoms with Crippen LogP contribution in [0.3, 0.4) is 0 Å². The maximum Gasteiger partial charge on any atom is 0.267 e. The number of thiazole rings is 1. The summed E-state index contributed by atoms with van der Waals surface area (Å²) in [4.78, 5) is 19.2. The molecule has 2 heterocycles. The van der Waals surface area contributed by atoms with E-state index in [0.717, 1.165) is 32.4 Å². The van der Waals surface area contributed by atoms with Crippen molar-refractivity contribution in [2.24, 2.45) is 0 Å². The molecule has 0 aliphatic carbocycles. The number of nitrogens with zero attached hydrogens (tertiary/aromatic N) is 1. The number of hydrogen-bond acceptors (Lipinski definition) is 4. The first-order valence-corrected chi connectivity index (χ1v) is 9.89. The molecule has 26 heavy (non-hydrogen) atoms. The number of para-hydroxylation sites is 1. The topological polar surface area (TPSA) is 42.0 Å². The van der Waals surface area contributed by atoms with Crippen LogP contribution in [0.25, 0.3) is 21.0 Å². The number of thiophene rings is 1. The first kappa shape index (κ1) is 16.7. The molecule has 128 valence electrons. The van der Waals surface area contributed by atoms with Gasteiger partial charge in [-0.15, -0.1) is 22.7 Å². The van der Waals surface area contributed by atoms with Crippen LogP contribution in [0, 0.1) is 6.92 Å². The molecule has 4 aromatic rings. The molecule has 0 bridgehead atoms. The Balaban J connectivity index is 1.63. The Morgan fingerprint density at radius 3 is 2.50 bits per heavy atom. The van der Waals surface area contributed by atoms with Crippen LogP contribution in [-0.2, 0) is 0 Å². The maximum absolute atomic E-state index is 12.9. The quantitative estimate of drug-likeness (QED) is 0.467. The van der Waals surface area contributed by atoms with E-state index >= 15 is 0 Å². The number of carbonyl (C=O) groups excluding carboxylic acids is 1. The number of nitrogens with one attached hydrogen (secondary N) is 1. The average Bonchev–Trinajstić information content (AvgIpc) is 3.33. The van der Waals surface area contributed by atoms with Gasteiger partial charge in [0.2, 0.25) is 0 Å². The molecule has 0 spiro atoms. The summed E-state index contributed by atoms with van der Waals surface area (Å²) in [6, 6.07) is 21.9. The third-order valence-electron chi connectivity index (χ3n) is 3.99. The fourth-order valence-electron chi connectivity index (χ4n) is 2.73. The largest absolute Gasteiger partial charge is 0.321 e. The number of aromatic nitrogens is 1. The van der Waals surface area contributed by atoms with E-state index in [-0.39, 0.29) is 5.91 Å². The maximum atomic E-state index is 12.9. The Bertz CT molecular complexity index is 1040. The number of rotatable bonds is 4. The first-order valence-electron chi connectivity index (χ1n) is 8.19. The SMILES string of the molecule is Cc1nc(-c2ccccc2)sc1C(=O)Nc1ccccc1-c1cccs1. The molecule has 1 amide bonds. The highest BCUT2D eigenvalue weighted by Crippen LogP contribution is 2.33. The fourth-order valence-corrected chi connectivity index (χ4v) is 4.46. The van der Waals surface area contributed by atoms with E-state index in [2.05, 4.69) is 16.4 Å². The summed E-state index contributed by atoms with van der Waals surface area (Å²) < 4.78 is 0. The molecule has 0 aliphatic heterocycles. The Kier molecular flexibility index (Phi) is 4.65. The summed E-state index contributed by atoms with van der Waals surface area (Å²) in [5, 5.41) is 5.95. The van der Waals surface area contributed by atoms with Gasteiger partial charge in [-0.3, -0.25) is 4.79 Å². The van der Waals surface area contributed by atoms with Gasteiger partial charge in [-0.2, -0.15) is 0 Å². The van der Waals surface area contributed by atoms with Gasteiger partial charge >= 0.3 is 0 Å². The second kappa shape index (κ2) is 7.23. The Morgan fingerprint density at radius 2 is 1.73 bits per heavy atom. The molecule has 4 rings (SSSR count). The molecule has 0 fully saturated rings. The highest BCUT2D eigenvalue weighted by molar-refractivity contribution is 7.17. The van der Waals surface area contributed by atoms with Crippen molar-refractivity contribution in [2.75, 3.05) is 5.32 Å². The molecule has 0 atom stereocenters. The van der Waals surface area contributed by atoms with E-state index in [0.29, 0.717) is 4.88 Å². The van der Waals surface area contributed by atoms with E-state index in [9.17, 15) is 4.79 Å². The minimum atomic E-state index is -0.119. The third-order valence-corrected chi connectivity index (χ3v) is 6.09. The molecule has 2 aromatic carbocycles. The monoisotopic (exact) mass is 376 g/mol. The number of hydrogen-bond donors (Lipinski definition) is 1. The minimum absolute atomic E-state index is 0.119. The molecule has 1 N–H and O–H groups in total. The van der Waals surface area contributed by atoms with Crippen molar-refractivity contribution in [3.8, 4) is 21.0 Å². The van der Waals surface area contributed by atoms with Crippen LogP contribution in [0.5, 0.6) is 0 Å². The highest BCUT2D eigenvalue weighted by Gasteiger charge is 2.17. The minimum Gasteiger partial charge on any atom is -0.321 e. The van der Waals surface area contributed by atoms with Crippen LogP contribution in [0.4, 0.5) is 5.69 Å². The van der Waals surface area contributed by atoms with E-state index in [1.54, 1.807) is 11.3 Å². The molecule has 3 nitrogen and oxygen atoms in total. The van der Waals surface area contributed by atoms with Crippen molar-refractivity contribution in [1.82, 2.24) is 4.98 Å². The zero-order valence-corrected chi connectivity index (χ0v) is 15.7. The van der Waals surface area contributed by atoms with E-state index in [1.807, 2.05) is 73.0 Å². The van der Waals surface area contributed by atoms with E-state index in [1.165, 1.54) is 11.3 Å². The highest BCUT2D eigenvalue weighted by atomic mass is 32.1. The Hall–Kier alpha value is -2.76. The number of carbonyl (C=O) groups is 1. The van der Waals surface area contributed by atoms with Crippen molar-refractivity contribution in [3.63, 3.8) is 0 Å². The summed E-state index contributed by atoms with van der Waals surface area (Å²) in [6.45, 7) is 1.88. The summed E-state index contributed by atoms with van der Waals surface area (Å²) >= 11 is 3.08. The molecule has 0 saturated heterocycles. The van der Waals surface area contributed by atoms with Gasteiger partial charge in [0, 0.05) is 21.7 Å². The van der Waals surface area contributed by atoms with Crippen LogP contribution in [0.15, 0.2) is 72.1 Å². The molecule has 5 heteroatoms. The second-order valence-electron chi connectivity index (χ2n) is 5.78. The zero-order chi connectivity index (χ0) is 17.9. The van der Waals surface area contributed by atoms with Gasteiger partial charge in [0.25, 0.3) is 5.91 Å². The van der Waals surface area contributed by atoms with Crippen LogP contribution in [0.2, 0.25) is 0 Å². The number of amides is 1. The van der Waals surface area contributed by atoms with Crippen LogP contribution < -0.4 is 5.32 Å². The predicted octanol–water partition coefficient (Wildman–Crippen LogP) is 6.10.